The molecule has 0 aliphatic heterocycles. The first kappa shape index (κ1) is 6.10. The van der Waals surface area contributed by atoms with E-state index in [1.807, 2.05) is 13.8 Å². The molecule has 1 aromatic rings. The normalized spacial score (nSPS) is 9.67. The van der Waals surface area contributed by atoms with E-state index >= 15 is 0 Å². The van der Waals surface area contributed by atoms with Gasteiger partial charge in [-0.15, -0.1) is 0 Å². The second-order valence-electron chi connectivity index (χ2n) is 1.80. The zero-order chi connectivity index (χ0) is 6.85. The van der Waals surface area contributed by atoms with E-state index in [0.717, 1.165) is 11.3 Å². The molecule has 9 heavy (non-hydrogen) atoms. The van der Waals surface area contributed by atoms with Crippen molar-refractivity contribution >= 4 is 0 Å². The van der Waals surface area contributed by atoms with E-state index in [1.54, 1.807) is 0 Å². The minimum atomic E-state index is 0.285. The molecule has 0 saturated carbocycles. The molecule has 1 aromatic heterocycles. The quantitative estimate of drug-likeness (QED) is 0.561. The molecule has 2 N–H and O–H groups in total. The van der Waals surface area contributed by atoms with Crippen molar-refractivity contribution in [2.24, 2.45) is 5.90 Å². The maximum absolute atomic E-state index is 4.83. The van der Waals surface area contributed by atoms with E-state index in [0.29, 0.717) is 0 Å². The van der Waals surface area contributed by atoms with Crippen molar-refractivity contribution in [3.8, 4) is 5.95 Å². The Labute approximate surface area is 52.5 Å². The lowest BCUT2D eigenvalue weighted by Crippen LogP contribution is -2.01. The van der Waals surface area contributed by atoms with Crippen molar-refractivity contribution < 1.29 is 9.36 Å². The van der Waals surface area contributed by atoms with Gasteiger partial charge in [0.25, 0.3) is 0 Å². The molecule has 0 radical (unpaired) electrons. The van der Waals surface area contributed by atoms with Gasteiger partial charge < -0.3 is 9.36 Å². The summed E-state index contributed by atoms with van der Waals surface area (Å²) in [5.41, 5.74) is 1.65. The van der Waals surface area contributed by atoms with E-state index in [4.69, 9.17) is 5.90 Å². The molecule has 0 aliphatic rings. The highest BCUT2D eigenvalue weighted by Crippen LogP contribution is 2.17. The molecule has 0 atom stereocenters. The van der Waals surface area contributed by atoms with Gasteiger partial charge >= 0.3 is 5.95 Å². The van der Waals surface area contributed by atoms with Gasteiger partial charge in [-0.2, -0.15) is 5.90 Å². The summed E-state index contributed by atoms with van der Waals surface area (Å²) in [6.45, 7) is 3.65. The Hall–Kier alpha value is -1.03. The summed E-state index contributed by atoms with van der Waals surface area (Å²) in [6, 6.07) is 0. The molecule has 0 saturated heterocycles. The molecule has 4 heteroatoms. The molecule has 1 heterocycles. The zero-order valence-corrected chi connectivity index (χ0v) is 5.34. The first-order chi connectivity index (χ1) is 4.25. The van der Waals surface area contributed by atoms with Crippen molar-refractivity contribution in [3.63, 3.8) is 0 Å². The number of rotatable bonds is 1. The highest BCUT2D eigenvalue weighted by Gasteiger charge is 2.06. The number of nitrogens with two attached hydrogens (primary N) is 1. The van der Waals surface area contributed by atoms with E-state index in [-0.39, 0.29) is 5.95 Å². The van der Waals surface area contributed by atoms with Crippen LogP contribution in [0.1, 0.15) is 11.3 Å². The van der Waals surface area contributed by atoms with Crippen LogP contribution in [0.4, 0.5) is 0 Å². The Morgan fingerprint density at radius 2 is 2.22 bits per heavy atom. The maximum Gasteiger partial charge on any atom is 0.332 e. The highest BCUT2D eigenvalue weighted by atomic mass is 16.7. The monoisotopic (exact) mass is 128 g/mol. The molecule has 50 valence electrons. The summed E-state index contributed by atoms with van der Waals surface area (Å²) in [5.74, 6) is 5.11. The van der Waals surface area contributed by atoms with Crippen molar-refractivity contribution in [2.45, 2.75) is 13.8 Å². The van der Waals surface area contributed by atoms with E-state index in [1.165, 1.54) is 0 Å². The van der Waals surface area contributed by atoms with Gasteiger partial charge in [0.05, 0.1) is 11.3 Å². The van der Waals surface area contributed by atoms with Crippen LogP contribution in [0.15, 0.2) is 4.52 Å². The van der Waals surface area contributed by atoms with Gasteiger partial charge in [-0.25, -0.2) is 0 Å². The third kappa shape index (κ3) is 0.882. The second-order valence-corrected chi connectivity index (χ2v) is 1.80. The molecule has 4 nitrogen and oxygen atoms in total. The fraction of sp³-hybridized carbons (Fsp3) is 0.400. The molecule has 0 amide bonds. The predicted octanol–water partition coefficient (Wildman–Crippen LogP) is 0.544. The van der Waals surface area contributed by atoms with Gasteiger partial charge in [0.2, 0.25) is 0 Å². The third-order valence-electron chi connectivity index (χ3n) is 1.22. The van der Waals surface area contributed by atoms with Crippen LogP contribution in [0.5, 0.6) is 5.95 Å². The van der Waals surface area contributed by atoms with E-state index in [2.05, 4.69) is 14.5 Å². The predicted molar refractivity (Wildman–Crippen MR) is 30.8 cm³/mol. The summed E-state index contributed by atoms with van der Waals surface area (Å²) in [7, 11) is 0. The van der Waals surface area contributed by atoms with Gasteiger partial charge in [-0.1, -0.05) is 5.16 Å². The Balaban J connectivity index is 3.04. The zero-order valence-electron chi connectivity index (χ0n) is 5.34. The van der Waals surface area contributed by atoms with Crippen LogP contribution in [-0.2, 0) is 0 Å². The Morgan fingerprint density at radius 3 is 2.44 bits per heavy atom. The third-order valence-corrected chi connectivity index (χ3v) is 1.22. The number of hydrogen-bond acceptors (Lipinski definition) is 4. The van der Waals surface area contributed by atoms with E-state index < -0.39 is 0 Å². The standard InChI is InChI=1S/C5H8N2O2/c1-3-4(2)7-9-5(3)8-6/h6H2,1-2H3. The summed E-state index contributed by atoms with van der Waals surface area (Å²) in [6.07, 6.45) is 0. The largest absolute Gasteiger partial charge is 0.371 e. The number of aromatic nitrogens is 1. The molecule has 0 spiro atoms. The lowest BCUT2D eigenvalue weighted by molar-refractivity contribution is 0.217. The summed E-state index contributed by atoms with van der Waals surface area (Å²) in [5, 5.41) is 3.61. The van der Waals surface area contributed by atoms with Crippen LogP contribution in [0.3, 0.4) is 0 Å². The van der Waals surface area contributed by atoms with E-state index in [9.17, 15) is 0 Å². The molecule has 1 rings (SSSR count). The smallest absolute Gasteiger partial charge is 0.332 e. The average Bonchev–Trinajstić information content (AvgIpc) is 2.15. The van der Waals surface area contributed by atoms with Crippen LogP contribution < -0.4 is 10.7 Å². The maximum atomic E-state index is 4.83. The second kappa shape index (κ2) is 2.06. The van der Waals surface area contributed by atoms with Crippen molar-refractivity contribution in [1.82, 2.24) is 5.16 Å². The van der Waals surface area contributed by atoms with Crippen molar-refractivity contribution in [3.05, 3.63) is 11.3 Å². The van der Waals surface area contributed by atoms with Crippen LogP contribution in [0, 0.1) is 13.8 Å². The Morgan fingerprint density at radius 1 is 1.56 bits per heavy atom. The minimum absolute atomic E-state index is 0.285. The van der Waals surface area contributed by atoms with Crippen molar-refractivity contribution in [2.75, 3.05) is 0 Å². The fourth-order valence-corrected chi connectivity index (χ4v) is 0.504. The van der Waals surface area contributed by atoms with Gasteiger partial charge in [0, 0.05) is 0 Å². The molecule has 0 aromatic carbocycles. The van der Waals surface area contributed by atoms with Gasteiger partial charge in [-0.3, -0.25) is 0 Å². The highest BCUT2D eigenvalue weighted by molar-refractivity contribution is 5.23. The van der Waals surface area contributed by atoms with Crippen molar-refractivity contribution in [1.29, 1.82) is 0 Å². The van der Waals surface area contributed by atoms with Crippen LogP contribution in [0.25, 0.3) is 0 Å². The summed E-state index contributed by atoms with van der Waals surface area (Å²) in [4.78, 5) is 4.34. The fourth-order valence-electron chi connectivity index (χ4n) is 0.504. The van der Waals surface area contributed by atoms with Gasteiger partial charge in [0.1, 0.15) is 0 Å². The molecule has 0 fully saturated rings. The molecule has 0 aliphatic carbocycles. The van der Waals surface area contributed by atoms with Crippen LogP contribution >= 0.6 is 0 Å². The minimum Gasteiger partial charge on any atom is -0.371 e. The first-order valence-electron chi connectivity index (χ1n) is 2.55. The number of nitrogens with zero attached hydrogens (tertiary/aromatic N) is 1. The van der Waals surface area contributed by atoms with Gasteiger partial charge in [-0.05, 0) is 13.8 Å². The lowest BCUT2D eigenvalue weighted by Gasteiger charge is -1.88. The van der Waals surface area contributed by atoms with Crippen LogP contribution in [-0.4, -0.2) is 5.16 Å². The molecular weight excluding hydrogens is 120 g/mol. The lowest BCUT2D eigenvalue weighted by atomic mass is 10.3. The average molecular weight is 128 g/mol. The topological polar surface area (TPSA) is 61.3 Å². The first-order valence-corrected chi connectivity index (χ1v) is 2.55. The Kier molecular flexibility index (Phi) is 1.40. The van der Waals surface area contributed by atoms with Gasteiger partial charge in [0.15, 0.2) is 0 Å². The molecule has 0 bridgehead atoms. The van der Waals surface area contributed by atoms with Crippen LogP contribution in [0.2, 0.25) is 0 Å². The number of hydrogen-bond donors (Lipinski definition) is 1. The molecular formula is C5H8N2O2. The summed E-state index contributed by atoms with van der Waals surface area (Å²) < 4.78 is 4.65. The molecule has 0 unspecified atom stereocenters. The SMILES string of the molecule is Cc1noc(ON)c1C. The summed E-state index contributed by atoms with van der Waals surface area (Å²) >= 11 is 0. The number of aryl methyl sites for hydroxylation is 1. The Bertz CT molecular complexity index is 207.